The van der Waals surface area contributed by atoms with Gasteiger partial charge in [0.05, 0.1) is 24.7 Å². The van der Waals surface area contributed by atoms with E-state index >= 15 is 0 Å². The first kappa shape index (κ1) is 20.2. The first-order valence-electron chi connectivity index (χ1n) is 9.83. The minimum absolute atomic E-state index is 0.495. The molecule has 0 amide bonds. The SMILES string of the molecule is Brc1cccc(-c2noc(CSc3nnc(N4CCOCC4)n3-c3ccccc3)n2)c1. The van der Waals surface area contributed by atoms with Gasteiger partial charge in [0.25, 0.3) is 0 Å². The topological polar surface area (TPSA) is 82.1 Å². The Morgan fingerprint density at radius 2 is 1.84 bits per heavy atom. The molecule has 158 valence electrons. The van der Waals surface area contributed by atoms with Crippen molar-refractivity contribution >= 4 is 33.6 Å². The van der Waals surface area contributed by atoms with Crippen molar-refractivity contribution in [3.8, 4) is 17.1 Å². The number of morpholine rings is 1. The van der Waals surface area contributed by atoms with E-state index in [4.69, 9.17) is 9.26 Å². The van der Waals surface area contributed by atoms with Crippen LogP contribution in [0.15, 0.2) is 68.7 Å². The van der Waals surface area contributed by atoms with Crippen molar-refractivity contribution in [2.45, 2.75) is 10.9 Å². The molecule has 1 saturated heterocycles. The highest BCUT2D eigenvalue weighted by atomic mass is 79.9. The molecule has 1 aliphatic rings. The van der Waals surface area contributed by atoms with Crippen LogP contribution in [-0.4, -0.2) is 51.2 Å². The zero-order valence-electron chi connectivity index (χ0n) is 16.5. The van der Waals surface area contributed by atoms with Gasteiger partial charge in [0, 0.05) is 23.1 Å². The molecule has 3 heterocycles. The summed E-state index contributed by atoms with van der Waals surface area (Å²) in [5, 5.41) is 13.8. The Labute approximate surface area is 191 Å². The summed E-state index contributed by atoms with van der Waals surface area (Å²) in [5.41, 5.74) is 1.91. The monoisotopic (exact) mass is 498 g/mol. The molecule has 0 radical (unpaired) electrons. The first-order valence-corrected chi connectivity index (χ1v) is 11.6. The lowest BCUT2D eigenvalue weighted by Gasteiger charge is -2.27. The Bertz CT molecular complexity index is 1160. The quantitative estimate of drug-likeness (QED) is 0.365. The molecule has 8 nitrogen and oxygen atoms in total. The zero-order chi connectivity index (χ0) is 21.0. The summed E-state index contributed by atoms with van der Waals surface area (Å²) in [7, 11) is 0. The van der Waals surface area contributed by atoms with E-state index in [-0.39, 0.29) is 0 Å². The van der Waals surface area contributed by atoms with Gasteiger partial charge in [-0.05, 0) is 24.3 Å². The van der Waals surface area contributed by atoms with Gasteiger partial charge in [-0.3, -0.25) is 4.57 Å². The average Bonchev–Trinajstić information content (AvgIpc) is 3.46. The molecule has 1 aliphatic heterocycles. The normalized spacial score (nSPS) is 14.2. The van der Waals surface area contributed by atoms with Crippen LogP contribution in [0.1, 0.15) is 5.89 Å². The third-order valence-corrected chi connectivity index (χ3v) is 6.21. The average molecular weight is 499 g/mol. The molecule has 2 aromatic heterocycles. The molecule has 0 atom stereocenters. The van der Waals surface area contributed by atoms with Crippen LogP contribution in [0.5, 0.6) is 0 Å². The van der Waals surface area contributed by atoms with Crippen molar-refractivity contribution in [3.05, 3.63) is 65.0 Å². The van der Waals surface area contributed by atoms with Crippen molar-refractivity contribution in [3.63, 3.8) is 0 Å². The predicted molar refractivity (Wildman–Crippen MR) is 121 cm³/mol. The second-order valence-corrected chi connectivity index (χ2v) is 8.72. The Kier molecular flexibility index (Phi) is 6.01. The van der Waals surface area contributed by atoms with Crippen molar-refractivity contribution in [1.82, 2.24) is 24.9 Å². The largest absolute Gasteiger partial charge is 0.378 e. The lowest BCUT2D eigenvalue weighted by Crippen LogP contribution is -2.37. The number of anilines is 1. The summed E-state index contributed by atoms with van der Waals surface area (Å²) in [6.07, 6.45) is 0. The maximum Gasteiger partial charge on any atom is 0.237 e. The van der Waals surface area contributed by atoms with Crippen molar-refractivity contribution in [1.29, 1.82) is 0 Å². The van der Waals surface area contributed by atoms with Crippen molar-refractivity contribution in [2.75, 3.05) is 31.2 Å². The summed E-state index contributed by atoms with van der Waals surface area (Å²) in [6.45, 7) is 2.94. The van der Waals surface area contributed by atoms with Crippen LogP contribution in [0, 0.1) is 0 Å². The molecule has 1 fully saturated rings. The van der Waals surface area contributed by atoms with E-state index in [1.165, 1.54) is 11.8 Å². The first-order chi connectivity index (χ1) is 15.3. The van der Waals surface area contributed by atoms with Gasteiger partial charge in [0.15, 0.2) is 5.16 Å². The molecule has 10 heteroatoms. The number of para-hydroxylation sites is 1. The summed E-state index contributed by atoms with van der Waals surface area (Å²) >= 11 is 4.99. The van der Waals surface area contributed by atoms with E-state index in [0.717, 1.165) is 39.9 Å². The summed E-state index contributed by atoms with van der Waals surface area (Å²) in [6, 6.07) is 17.9. The van der Waals surface area contributed by atoms with Gasteiger partial charge < -0.3 is 14.2 Å². The van der Waals surface area contributed by atoms with Gasteiger partial charge >= 0.3 is 0 Å². The number of nitrogens with zero attached hydrogens (tertiary/aromatic N) is 6. The number of hydrogen-bond acceptors (Lipinski definition) is 8. The molecule has 0 N–H and O–H groups in total. The van der Waals surface area contributed by atoms with E-state index in [0.29, 0.717) is 30.7 Å². The second-order valence-electron chi connectivity index (χ2n) is 6.86. The van der Waals surface area contributed by atoms with Crippen LogP contribution in [-0.2, 0) is 10.5 Å². The standard InChI is InChI=1S/C21H19BrN6O2S/c22-16-6-4-5-15(13-16)19-23-18(30-26-19)14-31-21-25-24-20(27-9-11-29-12-10-27)28(21)17-7-2-1-3-8-17/h1-8,13H,9-12,14H2. The number of halogens is 1. The third-order valence-electron chi connectivity index (χ3n) is 4.80. The van der Waals surface area contributed by atoms with E-state index in [2.05, 4.69) is 57.9 Å². The van der Waals surface area contributed by atoms with Crippen LogP contribution in [0.25, 0.3) is 17.1 Å². The number of thioether (sulfide) groups is 1. The van der Waals surface area contributed by atoms with Gasteiger partial charge in [-0.15, -0.1) is 10.2 Å². The van der Waals surface area contributed by atoms with Crippen LogP contribution >= 0.6 is 27.7 Å². The van der Waals surface area contributed by atoms with Gasteiger partial charge in [-0.2, -0.15) is 4.98 Å². The Balaban J connectivity index is 1.39. The fraction of sp³-hybridized carbons (Fsp3) is 0.238. The molecule has 31 heavy (non-hydrogen) atoms. The van der Waals surface area contributed by atoms with Crippen molar-refractivity contribution in [2.24, 2.45) is 0 Å². The Hall–Kier alpha value is -2.69. The number of ether oxygens (including phenoxy) is 1. The lowest BCUT2D eigenvalue weighted by molar-refractivity contribution is 0.122. The third kappa shape index (κ3) is 4.51. The molecule has 5 rings (SSSR count). The molecule has 2 aromatic carbocycles. The van der Waals surface area contributed by atoms with E-state index in [1.807, 2.05) is 42.5 Å². The highest BCUT2D eigenvalue weighted by Gasteiger charge is 2.22. The van der Waals surface area contributed by atoms with E-state index in [9.17, 15) is 0 Å². The molecule has 0 spiro atoms. The number of hydrogen-bond donors (Lipinski definition) is 0. The van der Waals surface area contributed by atoms with E-state index < -0.39 is 0 Å². The number of aromatic nitrogens is 5. The van der Waals surface area contributed by atoms with Gasteiger partial charge in [0.2, 0.25) is 17.7 Å². The van der Waals surface area contributed by atoms with Crippen molar-refractivity contribution < 1.29 is 9.26 Å². The summed E-state index contributed by atoms with van der Waals surface area (Å²) in [5.74, 6) is 2.41. The highest BCUT2D eigenvalue weighted by molar-refractivity contribution is 9.10. The minimum atomic E-state index is 0.495. The van der Waals surface area contributed by atoms with Crippen LogP contribution in [0.3, 0.4) is 0 Å². The zero-order valence-corrected chi connectivity index (χ0v) is 18.9. The van der Waals surface area contributed by atoms with Crippen LogP contribution in [0.4, 0.5) is 5.95 Å². The lowest BCUT2D eigenvalue weighted by atomic mass is 10.2. The van der Waals surface area contributed by atoms with Gasteiger partial charge in [0.1, 0.15) is 0 Å². The Morgan fingerprint density at radius 3 is 2.65 bits per heavy atom. The minimum Gasteiger partial charge on any atom is -0.378 e. The fourth-order valence-electron chi connectivity index (χ4n) is 3.31. The molecule has 0 bridgehead atoms. The molecular weight excluding hydrogens is 480 g/mol. The molecule has 0 saturated carbocycles. The number of benzene rings is 2. The maximum absolute atomic E-state index is 5.49. The number of rotatable bonds is 6. The molecule has 0 unspecified atom stereocenters. The summed E-state index contributed by atoms with van der Waals surface area (Å²) < 4.78 is 14.0. The van der Waals surface area contributed by atoms with Gasteiger partial charge in [-0.1, -0.05) is 63.2 Å². The molecule has 0 aliphatic carbocycles. The summed E-state index contributed by atoms with van der Waals surface area (Å²) in [4.78, 5) is 6.73. The predicted octanol–water partition coefficient (Wildman–Crippen LogP) is 4.21. The highest BCUT2D eigenvalue weighted by Crippen LogP contribution is 2.29. The van der Waals surface area contributed by atoms with Crippen LogP contribution in [0.2, 0.25) is 0 Å². The van der Waals surface area contributed by atoms with E-state index in [1.54, 1.807) is 0 Å². The maximum atomic E-state index is 5.49. The van der Waals surface area contributed by atoms with Crippen LogP contribution < -0.4 is 4.90 Å². The molecule has 4 aromatic rings. The smallest absolute Gasteiger partial charge is 0.237 e. The molecular formula is C21H19BrN6O2S. The second kappa shape index (κ2) is 9.21. The van der Waals surface area contributed by atoms with Gasteiger partial charge in [-0.25, -0.2) is 0 Å². The fourth-order valence-corrected chi connectivity index (χ4v) is 4.50. The Morgan fingerprint density at radius 1 is 1.00 bits per heavy atom.